The molecule has 2 rings (SSSR count). The van der Waals surface area contributed by atoms with Gasteiger partial charge in [-0.3, -0.25) is 0 Å². The van der Waals surface area contributed by atoms with Crippen LogP contribution in [-0.2, 0) is 4.74 Å². The molecule has 0 aromatic carbocycles. The molecule has 1 N–H and O–H groups in total. The fourth-order valence-electron chi connectivity index (χ4n) is 3.16. The monoisotopic (exact) mass is 222 g/mol. The van der Waals surface area contributed by atoms with E-state index in [-0.39, 0.29) is 12.0 Å². The Morgan fingerprint density at radius 1 is 1.50 bits per heavy atom. The molecule has 0 heterocycles. The molecule has 90 valence electrons. The molecule has 0 spiro atoms. The first kappa shape index (κ1) is 11.9. The third kappa shape index (κ3) is 1.85. The first-order chi connectivity index (χ1) is 7.58. The maximum atomic E-state index is 10.9. The normalized spacial score (nSPS) is 39.2. The molecule has 0 saturated heterocycles. The summed E-state index contributed by atoms with van der Waals surface area (Å²) in [6.07, 6.45) is 5.94. The molecule has 2 aliphatic rings. The van der Waals surface area contributed by atoms with Gasteiger partial charge in [0.15, 0.2) is 0 Å². The minimum atomic E-state index is -0.798. The summed E-state index contributed by atoms with van der Waals surface area (Å²) in [4.78, 5) is 0. The maximum absolute atomic E-state index is 10.9. The van der Waals surface area contributed by atoms with Gasteiger partial charge in [-0.25, -0.2) is 0 Å². The van der Waals surface area contributed by atoms with Crippen LogP contribution in [0, 0.1) is 5.92 Å². The molecule has 3 atom stereocenters. The zero-order chi connectivity index (χ0) is 11.8. The fraction of sp³-hybridized carbons (Fsp3) is 0.714. The predicted molar refractivity (Wildman–Crippen MR) is 65.2 cm³/mol. The van der Waals surface area contributed by atoms with E-state index in [2.05, 4.69) is 13.5 Å². The highest BCUT2D eigenvalue weighted by Gasteiger charge is 2.48. The lowest BCUT2D eigenvalue weighted by atomic mass is 9.65. The smallest absolute Gasteiger partial charge is 0.116 e. The van der Waals surface area contributed by atoms with E-state index in [1.807, 2.05) is 13.0 Å². The standard InChI is InChI=1S/C14H22O2/c1-4-16-13-8-6-11(3)12-7-5-10(2)9-14(12,13)15/h9,12-13,15H,3-8H2,1-2H3/t12-,13+,14-/m1/s1. The van der Waals surface area contributed by atoms with Gasteiger partial charge in [-0.1, -0.05) is 23.8 Å². The summed E-state index contributed by atoms with van der Waals surface area (Å²) in [7, 11) is 0. The Bertz CT molecular complexity index is 319. The first-order valence-electron chi connectivity index (χ1n) is 6.28. The third-order valence-electron chi connectivity index (χ3n) is 3.97. The quantitative estimate of drug-likeness (QED) is 0.728. The molecule has 0 bridgehead atoms. The Morgan fingerprint density at radius 3 is 2.94 bits per heavy atom. The van der Waals surface area contributed by atoms with Gasteiger partial charge in [-0.05, 0) is 39.5 Å². The number of hydrogen-bond donors (Lipinski definition) is 1. The second-order valence-corrected chi connectivity index (χ2v) is 5.11. The second kappa shape index (κ2) is 4.34. The molecule has 2 nitrogen and oxygen atoms in total. The van der Waals surface area contributed by atoms with Crippen LogP contribution in [0.3, 0.4) is 0 Å². The molecular weight excluding hydrogens is 200 g/mol. The van der Waals surface area contributed by atoms with Crippen LogP contribution in [0.4, 0.5) is 0 Å². The average molecular weight is 222 g/mol. The van der Waals surface area contributed by atoms with E-state index in [0.717, 1.165) is 25.7 Å². The zero-order valence-corrected chi connectivity index (χ0v) is 10.3. The van der Waals surface area contributed by atoms with E-state index in [9.17, 15) is 5.11 Å². The lowest BCUT2D eigenvalue weighted by Crippen LogP contribution is -2.53. The van der Waals surface area contributed by atoms with Crippen molar-refractivity contribution in [2.75, 3.05) is 6.61 Å². The van der Waals surface area contributed by atoms with Crippen LogP contribution in [0.25, 0.3) is 0 Å². The van der Waals surface area contributed by atoms with Crippen molar-refractivity contribution in [3.05, 3.63) is 23.8 Å². The predicted octanol–water partition coefficient (Wildman–Crippen LogP) is 2.83. The number of allylic oxidation sites excluding steroid dienone is 1. The molecule has 1 saturated carbocycles. The van der Waals surface area contributed by atoms with Gasteiger partial charge in [-0.2, -0.15) is 0 Å². The van der Waals surface area contributed by atoms with Crippen molar-refractivity contribution in [3.63, 3.8) is 0 Å². The number of aliphatic hydroxyl groups is 1. The molecular formula is C14H22O2. The van der Waals surface area contributed by atoms with Gasteiger partial charge < -0.3 is 9.84 Å². The van der Waals surface area contributed by atoms with Crippen LogP contribution in [0.1, 0.15) is 39.5 Å². The SMILES string of the molecule is C=C1CC[C@H](OCC)[C@@]2(O)C=C(C)CC[C@H]12. The summed E-state index contributed by atoms with van der Waals surface area (Å²) in [5.41, 5.74) is 1.67. The molecule has 1 fully saturated rings. The van der Waals surface area contributed by atoms with Crippen LogP contribution in [0.15, 0.2) is 23.8 Å². The Balaban J connectivity index is 2.31. The number of hydrogen-bond acceptors (Lipinski definition) is 2. The first-order valence-corrected chi connectivity index (χ1v) is 6.28. The Kier molecular flexibility index (Phi) is 3.22. The molecule has 2 aliphatic carbocycles. The Labute approximate surface area is 98.0 Å². The van der Waals surface area contributed by atoms with Gasteiger partial charge >= 0.3 is 0 Å². The van der Waals surface area contributed by atoms with Crippen molar-refractivity contribution in [1.29, 1.82) is 0 Å². The van der Waals surface area contributed by atoms with E-state index >= 15 is 0 Å². The lowest BCUT2D eigenvalue weighted by Gasteiger charge is -2.47. The van der Waals surface area contributed by atoms with Gasteiger partial charge in [0.25, 0.3) is 0 Å². The largest absolute Gasteiger partial charge is 0.382 e. The topological polar surface area (TPSA) is 29.5 Å². The fourth-order valence-corrected chi connectivity index (χ4v) is 3.16. The minimum absolute atomic E-state index is 0.0525. The molecule has 0 amide bonds. The molecule has 0 aromatic heterocycles. The van der Waals surface area contributed by atoms with Gasteiger partial charge in [0.2, 0.25) is 0 Å². The highest BCUT2D eigenvalue weighted by molar-refractivity contribution is 5.27. The summed E-state index contributed by atoms with van der Waals surface area (Å²) in [5, 5.41) is 10.9. The van der Waals surface area contributed by atoms with E-state index < -0.39 is 5.60 Å². The maximum Gasteiger partial charge on any atom is 0.116 e. The van der Waals surface area contributed by atoms with Crippen molar-refractivity contribution in [2.45, 2.75) is 51.2 Å². The highest BCUT2D eigenvalue weighted by Crippen LogP contribution is 2.45. The summed E-state index contributed by atoms with van der Waals surface area (Å²) in [5.74, 6) is 0.196. The van der Waals surface area contributed by atoms with Crippen molar-refractivity contribution in [3.8, 4) is 0 Å². The van der Waals surface area contributed by atoms with E-state index in [4.69, 9.17) is 4.74 Å². The van der Waals surface area contributed by atoms with Crippen LogP contribution < -0.4 is 0 Å². The van der Waals surface area contributed by atoms with Crippen LogP contribution >= 0.6 is 0 Å². The van der Waals surface area contributed by atoms with Crippen molar-refractivity contribution in [1.82, 2.24) is 0 Å². The summed E-state index contributed by atoms with van der Waals surface area (Å²) >= 11 is 0. The minimum Gasteiger partial charge on any atom is -0.382 e. The third-order valence-corrected chi connectivity index (χ3v) is 3.97. The Morgan fingerprint density at radius 2 is 2.25 bits per heavy atom. The van der Waals surface area contributed by atoms with Crippen LogP contribution in [-0.4, -0.2) is 23.4 Å². The lowest BCUT2D eigenvalue weighted by molar-refractivity contribution is -0.120. The van der Waals surface area contributed by atoms with Crippen LogP contribution in [0.2, 0.25) is 0 Å². The number of fused-ring (bicyclic) bond motifs is 1. The molecule has 2 heteroatoms. The van der Waals surface area contributed by atoms with E-state index in [1.54, 1.807) is 0 Å². The van der Waals surface area contributed by atoms with Crippen LogP contribution in [0.5, 0.6) is 0 Å². The molecule has 0 aromatic rings. The number of ether oxygens (including phenoxy) is 1. The summed E-state index contributed by atoms with van der Waals surface area (Å²) < 4.78 is 5.72. The molecule has 0 aliphatic heterocycles. The zero-order valence-electron chi connectivity index (χ0n) is 10.3. The second-order valence-electron chi connectivity index (χ2n) is 5.11. The molecule has 16 heavy (non-hydrogen) atoms. The highest BCUT2D eigenvalue weighted by atomic mass is 16.5. The van der Waals surface area contributed by atoms with E-state index in [1.165, 1.54) is 11.1 Å². The van der Waals surface area contributed by atoms with Gasteiger partial charge in [0.05, 0.1) is 6.10 Å². The van der Waals surface area contributed by atoms with Gasteiger partial charge in [0, 0.05) is 12.5 Å². The molecule has 0 radical (unpaired) electrons. The number of rotatable bonds is 2. The van der Waals surface area contributed by atoms with Crippen molar-refractivity contribution >= 4 is 0 Å². The van der Waals surface area contributed by atoms with Crippen molar-refractivity contribution < 1.29 is 9.84 Å². The summed E-state index contributed by atoms with van der Waals surface area (Å²) in [6.45, 7) is 8.86. The van der Waals surface area contributed by atoms with Gasteiger partial charge in [0.1, 0.15) is 5.60 Å². The average Bonchev–Trinajstić information content (AvgIpc) is 2.22. The van der Waals surface area contributed by atoms with Gasteiger partial charge in [-0.15, -0.1) is 0 Å². The van der Waals surface area contributed by atoms with Crippen molar-refractivity contribution in [2.24, 2.45) is 5.92 Å². The Hall–Kier alpha value is -0.600. The molecule has 0 unspecified atom stereocenters. The summed E-state index contributed by atoms with van der Waals surface area (Å²) in [6, 6.07) is 0. The van der Waals surface area contributed by atoms with E-state index in [0.29, 0.717) is 6.61 Å².